The van der Waals surface area contributed by atoms with Crippen LogP contribution in [0.4, 0.5) is 26.1 Å². The van der Waals surface area contributed by atoms with Crippen LogP contribution >= 0.6 is 12.2 Å². The molecule has 0 aliphatic carbocycles. The van der Waals surface area contributed by atoms with Gasteiger partial charge in [0.15, 0.2) is 5.11 Å². The van der Waals surface area contributed by atoms with E-state index in [-0.39, 0.29) is 21.6 Å². The van der Waals surface area contributed by atoms with Crippen LogP contribution in [0.3, 0.4) is 0 Å². The van der Waals surface area contributed by atoms with Crippen LogP contribution in [-0.2, 0) is 10.0 Å². The molecule has 7 nitrogen and oxygen atoms in total. The molecule has 0 atom stereocenters. The van der Waals surface area contributed by atoms with E-state index >= 15 is 0 Å². The largest absolute Gasteiger partial charge is 0.332 e. The monoisotopic (exact) mass is 449 g/mol. The predicted molar refractivity (Wildman–Crippen MR) is 115 cm³/mol. The smallest absolute Gasteiger partial charge is 0.264 e. The van der Waals surface area contributed by atoms with Crippen LogP contribution in [-0.4, -0.2) is 23.5 Å². The van der Waals surface area contributed by atoms with Crippen LogP contribution in [0.5, 0.6) is 0 Å². The molecule has 0 unspecified atom stereocenters. The molecule has 3 rings (SSSR count). The first-order valence-corrected chi connectivity index (χ1v) is 10.5. The lowest BCUT2D eigenvalue weighted by molar-refractivity contribution is 0.586. The Morgan fingerprint density at radius 2 is 1.57 bits per heavy atom. The average molecular weight is 450 g/mol. The first-order chi connectivity index (χ1) is 14.1. The first kappa shape index (κ1) is 21.5. The van der Waals surface area contributed by atoms with Gasteiger partial charge in [0.1, 0.15) is 11.6 Å². The molecule has 0 radical (unpaired) electrons. The number of aromatic nitrogens is 2. The first-order valence-electron chi connectivity index (χ1n) is 8.60. The van der Waals surface area contributed by atoms with E-state index in [1.54, 1.807) is 19.9 Å². The molecule has 0 aliphatic heterocycles. The maximum Gasteiger partial charge on any atom is 0.264 e. The summed E-state index contributed by atoms with van der Waals surface area (Å²) in [4.78, 5) is 8.12. The summed E-state index contributed by atoms with van der Waals surface area (Å²) in [5, 5.41) is 5.45. The van der Waals surface area contributed by atoms with Crippen LogP contribution in [0, 0.1) is 25.5 Å². The Morgan fingerprint density at radius 3 is 2.17 bits per heavy atom. The summed E-state index contributed by atoms with van der Waals surface area (Å²) in [6, 6.07) is 10.5. The van der Waals surface area contributed by atoms with E-state index in [1.807, 2.05) is 0 Å². The lowest BCUT2D eigenvalue weighted by Gasteiger charge is -2.12. The molecule has 2 aromatic carbocycles. The van der Waals surface area contributed by atoms with Crippen molar-refractivity contribution in [2.24, 2.45) is 0 Å². The molecule has 0 spiro atoms. The summed E-state index contributed by atoms with van der Waals surface area (Å²) in [6.07, 6.45) is 0. The van der Waals surface area contributed by atoms with Crippen molar-refractivity contribution in [2.75, 3.05) is 15.4 Å². The van der Waals surface area contributed by atoms with Gasteiger partial charge in [-0.2, -0.15) is 0 Å². The Kier molecular flexibility index (Phi) is 6.22. The van der Waals surface area contributed by atoms with Gasteiger partial charge in [-0.25, -0.2) is 31.9 Å². The lowest BCUT2D eigenvalue weighted by Crippen LogP contribution is -2.20. The molecule has 3 aromatic rings. The number of nitrogens with zero attached hydrogens (tertiary/aromatic N) is 2. The second-order valence-corrected chi connectivity index (χ2v) is 8.40. The Labute approximate surface area is 177 Å². The van der Waals surface area contributed by atoms with Crippen LogP contribution in [0.1, 0.15) is 11.4 Å². The highest BCUT2D eigenvalue weighted by atomic mass is 32.2. The van der Waals surface area contributed by atoms with Crippen LogP contribution in [0.2, 0.25) is 0 Å². The van der Waals surface area contributed by atoms with Crippen molar-refractivity contribution in [3.8, 4) is 0 Å². The third-order valence-electron chi connectivity index (χ3n) is 3.81. The van der Waals surface area contributed by atoms with Gasteiger partial charge >= 0.3 is 0 Å². The molecule has 156 valence electrons. The quantitative estimate of drug-likeness (QED) is 0.507. The molecule has 0 fully saturated rings. The van der Waals surface area contributed by atoms with E-state index in [9.17, 15) is 17.2 Å². The highest BCUT2D eigenvalue weighted by molar-refractivity contribution is 7.92. The number of rotatable bonds is 5. The van der Waals surface area contributed by atoms with Gasteiger partial charge in [0.2, 0.25) is 5.95 Å². The molecular weight excluding hydrogens is 432 g/mol. The Morgan fingerprint density at radius 1 is 0.933 bits per heavy atom. The SMILES string of the molecule is Cc1cc(C)nc(NS(=O)(=O)c2ccc(NC(=S)Nc3ccc(F)cc3F)cc2)n1. The lowest BCUT2D eigenvalue weighted by atomic mass is 10.3. The zero-order valence-electron chi connectivity index (χ0n) is 15.9. The summed E-state index contributed by atoms with van der Waals surface area (Å²) in [6.45, 7) is 3.48. The van der Waals surface area contributed by atoms with Crippen molar-refractivity contribution in [2.45, 2.75) is 18.7 Å². The number of sulfonamides is 1. The van der Waals surface area contributed by atoms with Crippen molar-refractivity contribution in [1.29, 1.82) is 0 Å². The fourth-order valence-corrected chi connectivity index (χ4v) is 3.72. The zero-order valence-corrected chi connectivity index (χ0v) is 17.5. The number of nitrogens with one attached hydrogen (secondary N) is 3. The van der Waals surface area contributed by atoms with Crippen molar-refractivity contribution in [3.63, 3.8) is 0 Å². The highest BCUT2D eigenvalue weighted by Crippen LogP contribution is 2.19. The van der Waals surface area contributed by atoms with Crippen molar-refractivity contribution < 1.29 is 17.2 Å². The van der Waals surface area contributed by atoms with Gasteiger partial charge < -0.3 is 10.6 Å². The predicted octanol–water partition coefficient (Wildman–Crippen LogP) is 3.98. The molecular formula is C19H17F2N5O2S2. The van der Waals surface area contributed by atoms with Crippen LogP contribution < -0.4 is 15.4 Å². The van der Waals surface area contributed by atoms with E-state index in [0.29, 0.717) is 17.1 Å². The van der Waals surface area contributed by atoms with Gasteiger partial charge in [0.05, 0.1) is 10.6 Å². The molecule has 11 heteroatoms. The van der Waals surface area contributed by atoms with E-state index in [2.05, 4.69) is 25.3 Å². The second-order valence-electron chi connectivity index (χ2n) is 6.31. The molecule has 1 heterocycles. The van der Waals surface area contributed by atoms with E-state index in [1.165, 1.54) is 30.3 Å². The molecule has 0 aliphatic rings. The summed E-state index contributed by atoms with van der Waals surface area (Å²) >= 11 is 5.10. The fraction of sp³-hybridized carbons (Fsp3) is 0.105. The maximum absolute atomic E-state index is 13.7. The topological polar surface area (TPSA) is 96.0 Å². The van der Waals surface area contributed by atoms with E-state index in [0.717, 1.165) is 12.1 Å². The van der Waals surface area contributed by atoms with Gasteiger partial charge in [0.25, 0.3) is 10.0 Å². The van der Waals surface area contributed by atoms with Gasteiger partial charge in [0, 0.05) is 23.1 Å². The minimum absolute atomic E-state index is 0.000680. The second kappa shape index (κ2) is 8.67. The van der Waals surface area contributed by atoms with Crippen LogP contribution in [0.25, 0.3) is 0 Å². The van der Waals surface area contributed by atoms with Crippen LogP contribution in [0.15, 0.2) is 53.4 Å². The molecule has 1 aromatic heterocycles. The van der Waals surface area contributed by atoms with Gasteiger partial charge in [-0.1, -0.05) is 0 Å². The number of hydrogen-bond donors (Lipinski definition) is 3. The number of thiocarbonyl (C=S) groups is 1. The van der Waals surface area contributed by atoms with Gasteiger partial charge in [-0.15, -0.1) is 0 Å². The average Bonchev–Trinajstić information content (AvgIpc) is 2.63. The Balaban J connectivity index is 1.68. The molecule has 30 heavy (non-hydrogen) atoms. The third kappa shape index (κ3) is 5.45. The van der Waals surface area contributed by atoms with Gasteiger partial charge in [-0.05, 0) is 68.5 Å². The zero-order chi connectivity index (χ0) is 21.9. The maximum atomic E-state index is 13.7. The number of anilines is 3. The van der Waals surface area contributed by atoms with Gasteiger partial charge in [-0.3, -0.25) is 0 Å². The normalized spacial score (nSPS) is 11.1. The summed E-state index contributed by atoms with van der Waals surface area (Å²) in [5.41, 5.74) is 1.75. The Bertz CT molecular complexity index is 1180. The number of hydrogen-bond acceptors (Lipinski definition) is 5. The third-order valence-corrected chi connectivity index (χ3v) is 5.36. The minimum Gasteiger partial charge on any atom is -0.332 e. The van der Waals surface area contributed by atoms with Crippen molar-refractivity contribution in [3.05, 3.63) is 71.6 Å². The number of halogens is 2. The molecule has 0 saturated heterocycles. The van der Waals surface area contributed by atoms with E-state index in [4.69, 9.17) is 12.2 Å². The van der Waals surface area contributed by atoms with E-state index < -0.39 is 21.7 Å². The number of aryl methyl sites for hydroxylation is 2. The standard InChI is InChI=1S/C19H17F2N5O2S2/c1-11-9-12(2)23-18(22-11)26-30(27,28)15-6-4-14(5-7-15)24-19(29)25-17-8-3-13(20)10-16(17)21/h3-10H,1-2H3,(H,22,23,26)(H2,24,25,29). The fourth-order valence-electron chi connectivity index (χ4n) is 2.54. The van der Waals surface area contributed by atoms with Crippen molar-refractivity contribution >= 4 is 44.7 Å². The Hall–Kier alpha value is -3.18. The molecule has 0 amide bonds. The molecule has 0 saturated carbocycles. The molecule has 3 N–H and O–H groups in total. The highest BCUT2D eigenvalue weighted by Gasteiger charge is 2.16. The summed E-state index contributed by atoms with van der Waals surface area (Å²) in [5.74, 6) is -1.50. The van der Waals surface area contributed by atoms with Crippen molar-refractivity contribution in [1.82, 2.24) is 9.97 Å². The minimum atomic E-state index is -3.89. The summed E-state index contributed by atoms with van der Waals surface area (Å²) < 4.78 is 54.1. The summed E-state index contributed by atoms with van der Waals surface area (Å²) in [7, 11) is -3.89. The number of benzene rings is 2. The molecule has 0 bridgehead atoms.